The van der Waals surface area contributed by atoms with E-state index in [1.807, 2.05) is 48.5 Å². The first-order valence-corrected chi connectivity index (χ1v) is 7.44. The zero-order valence-electron chi connectivity index (χ0n) is 11.0. The normalized spacial score (nSPS) is 12.4. The topological polar surface area (TPSA) is 45.1 Å². The molecule has 0 aliphatic carbocycles. The summed E-state index contributed by atoms with van der Waals surface area (Å²) in [6.45, 7) is 0.509. The summed E-state index contributed by atoms with van der Waals surface area (Å²) in [6.07, 6.45) is 0.239. The van der Waals surface area contributed by atoms with Gasteiger partial charge in [0, 0.05) is 13.0 Å². The van der Waals surface area contributed by atoms with Crippen molar-refractivity contribution in [3.63, 3.8) is 0 Å². The third kappa shape index (κ3) is 3.15. The van der Waals surface area contributed by atoms with E-state index in [-0.39, 0.29) is 0 Å². The molecule has 2 aromatic carbocycles. The van der Waals surface area contributed by atoms with Gasteiger partial charge in [-0.15, -0.1) is 0 Å². The number of benzene rings is 2. The van der Waals surface area contributed by atoms with Crippen molar-refractivity contribution in [2.75, 3.05) is 11.9 Å². The summed E-state index contributed by atoms with van der Waals surface area (Å²) in [7, 11) is 0. The third-order valence-corrected chi connectivity index (χ3v) is 4.09. The minimum atomic E-state index is -0.413. The lowest BCUT2D eigenvalue weighted by Crippen LogP contribution is -2.21. The highest BCUT2D eigenvalue weighted by Crippen LogP contribution is 2.25. The number of aliphatic hydroxyl groups excluding tert-OH is 1. The van der Waals surface area contributed by atoms with Gasteiger partial charge in [0.1, 0.15) is 0 Å². The Morgan fingerprint density at radius 1 is 1.05 bits per heavy atom. The summed E-state index contributed by atoms with van der Waals surface area (Å²) >= 11 is 1.61. The van der Waals surface area contributed by atoms with Gasteiger partial charge in [-0.05, 0) is 17.7 Å². The second-order valence-corrected chi connectivity index (χ2v) is 5.74. The molecular formula is C16H16N2OS. The molecule has 0 spiro atoms. The number of hydrogen-bond donors (Lipinski definition) is 2. The van der Waals surface area contributed by atoms with Crippen molar-refractivity contribution < 1.29 is 5.11 Å². The molecule has 0 saturated carbocycles. The highest BCUT2D eigenvalue weighted by molar-refractivity contribution is 7.22. The largest absolute Gasteiger partial charge is 0.391 e. The van der Waals surface area contributed by atoms with E-state index in [9.17, 15) is 5.11 Å². The minimum Gasteiger partial charge on any atom is -0.391 e. The van der Waals surface area contributed by atoms with Crippen molar-refractivity contribution >= 4 is 26.7 Å². The maximum atomic E-state index is 10.1. The lowest BCUT2D eigenvalue weighted by atomic mass is 10.1. The van der Waals surface area contributed by atoms with Crippen LogP contribution in [0.2, 0.25) is 0 Å². The molecule has 20 heavy (non-hydrogen) atoms. The fourth-order valence-electron chi connectivity index (χ4n) is 2.11. The third-order valence-electron chi connectivity index (χ3n) is 3.10. The van der Waals surface area contributed by atoms with E-state index in [1.54, 1.807) is 11.3 Å². The van der Waals surface area contributed by atoms with Crippen LogP contribution in [0.3, 0.4) is 0 Å². The first-order chi connectivity index (χ1) is 9.81. The Morgan fingerprint density at radius 2 is 1.80 bits per heavy atom. The lowest BCUT2D eigenvalue weighted by molar-refractivity contribution is 0.188. The number of aromatic nitrogens is 1. The van der Waals surface area contributed by atoms with Gasteiger partial charge >= 0.3 is 0 Å². The van der Waals surface area contributed by atoms with Crippen LogP contribution >= 0.6 is 11.3 Å². The van der Waals surface area contributed by atoms with Gasteiger partial charge in [0.15, 0.2) is 5.13 Å². The standard InChI is InChI=1S/C16H16N2OS/c19-13(10-12-6-2-1-3-7-12)11-17-16-18-14-8-4-5-9-15(14)20-16/h1-9,13,19H,10-11H2,(H,17,18). The minimum absolute atomic E-state index is 0.413. The number of thiazole rings is 1. The summed E-state index contributed by atoms with van der Waals surface area (Å²) in [4.78, 5) is 4.49. The fraction of sp³-hybridized carbons (Fsp3) is 0.188. The Kier molecular flexibility index (Phi) is 3.95. The van der Waals surface area contributed by atoms with Crippen LogP contribution in [0.25, 0.3) is 10.2 Å². The van der Waals surface area contributed by atoms with E-state index in [1.165, 1.54) is 0 Å². The highest BCUT2D eigenvalue weighted by Gasteiger charge is 2.07. The number of fused-ring (bicyclic) bond motifs is 1. The van der Waals surface area contributed by atoms with Gasteiger partial charge in [0.25, 0.3) is 0 Å². The lowest BCUT2D eigenvalue weighted by Gasteiger charge is -2.10. The molecule has 1 heterocycles. The highest BCUT2D eigenvalue weighted by atomic mass is 32.1. The second kappa shape index (κ2) is 6.03. The fourth-order valence-corrected chi connectivity index (χ4v) is 2.98. The van der Waals surface area contributed by atoms with Crippen molar-refractivity contribution in [2.45, 2.75) is 12.5 Å². The summed E-state index contributed by atoms with van der Waals surface area (Å²) in [5.74, 6) is 0. The zero-order valence-corrected chi connectivity index (χ0v) is 11.8. The molecule has 2 N–H and O–H groups in total. The van der Waals surface area contributed by atoms with Crippen LogP contribution in [0.5, 0.6) is 0 Å². The quantitative estimate of drug-likeness (QED) is 0.755. The van der Waals surface area contributed by atoms with Gasteiger partial charge in [0.05, 0.1) is 16.3 Å². The van der Waals surface area contributed by atoms with Gasteiger partial charge in [-0.2, -0.15) is 0 Å². The van der Waals surface area contributed by atoms with Crippen LogP contribution < -0.4 is 5.32 Å². The number of nitrogens with zero attached hydrogens (tertiary/aromatic N) is 1. The number of hydrogen-bond acceptors (Lipinski definition) is 4. The van der Waals surface area contributed by atoms with Crippen molar-refractivity contribution in [3.05, 3.63) is 60.2 Å². The number of aliphatic hydroxyl groups is 1. The van der Waals surface area contributed by atoms with Crippen molar-refractivity contribution in [2.24, 2.45) is 0 Å². The monoisotopic (exact) mass is 284 g/mol. The Hall–Kier alpha value is -1.91. The van der Waals surface area contributed by atoms with Crippen LogP contribution in [-0.4, -0.2) is 22.7 Å². The molecule has 102 valence electrons. The first-order valence-electron chi connectivity index (χ1n) is 6.63. The average molecular weight is 284 g/mol. The average Bonchev–Trinajstić information content (AvgIpc) is 2.89. The van der Waals surface area contributed by atoms with Gasteiger partial charge in [-0.25, -0.2) is 4.98 Å². The van der Waals surface area contributed by atoms with Crippen molar-refractivity contribution in [1.29, 1.82) is 0 Å². The molecule has 0 amide bonds. The Morgan fingerprint density at radius 3 is 2.60 bits per heavy atom. The van der Waals surface area contributed by atoms with E-state index >= 15 is 0 Å². The number of nitrogens with one attached hydrogen (secondary N) is 1. The van der Waals surface area contributed by atoms with E-state index in [0.29, 0.717) is 13.0 Å². The molecule has 0 aliphatic rings. The number of anilines is 1. The predicted octanol–water partition coefficient (Wildman–Crippen LogP) is 3.31. The van der Waals surface area contributed by atoms with E-state index in [2.05, 4.69) is 16.4 Å². The Balaban J connectivity index is 1.58. The number of rotatable bonds is 5. The molecular weight excluding hydrogens is 268 g/mol. The van der Waals surface area contributed by atoms with Gasteiger partial charge in [0.2, 0.25) is 0 Å². The first kappa shape index (κ1) is 13.1. The molecule has 0 bridgehead atoms. The molecule has 0 fully saturated rings. The Labute approximate surface area is 121 Å². The molecule has 3 rings (SSSR count). The van der Waals surface area contributed by atoms with Crippen LogP contribution in [0.1, 0.15) is 5.56 Å². The molecule has 0 saturated heterocycles. The molecule has 1 aromatic heterocycles. The smallest absolute Gasteiger partial charge is 0.183 e. The second-order valence-electron chi connectivity index (χ2n) is 4.71. The summed E-state index contributed by atoms with van der Waals surface area (Å²) in [5.41, 5.74) is 2.14. The SMILES string of the molecule is OC(CNc1nc2ccccc2s1)Cc1ccccc1. The molecule has 1 atom stereocenters. The Bertz CT molecular complexity index is 648. The van der Waals surface area contributed by atoms with E-state index in [0.717, 1.165) is 20.9 Å². The summed E-state index contributed by atoms with van der Waals surface area (Å²) in [6, 6.07) is 18.1. The van der Waals surface area contributed by atoms with Gasteiger partial charge in [-0.3, -0.25) is 0 Å². The van der Waals surface area contributed by atoms with Gasteiger partial charge < -0.3 is 10.4 Å². The van der Waals surface area contributed by atoms with Gasteiger partial charge in [-0.1, -0.05) is 53.8 Å². The molecule has 3 aromatic rings. The van der Waals surface area contributed by atoms with Crippen LogP contribution in [0, 0.1) is 0 Å². The van der Waals surface area contributed by atoms with Crippen LogP contribution in [0.4, 0.5) is 5.13 Å². The van der Waals surface area contributed by atoms with Crippen LogP contribution in [-0.2, 0) is 6.42 Å². The van der Waals surface area contributed by atoms with Crippen molar-refractivity contribution in [3.8, 4) is 0 Å². The molecule has 0 radical (unpaired) electrons. The van der Waals surface area contributed by atoms with Crippen molar-refractivity contribution in [1.82, 2.24) is 4.98 Å². The number of para-hydroxylation sites is 1. The maximum absolute atomic E-state index is 10.1. The maximum Gasteiger partial charge on any atom is 0.183 e. The predicted molar refractivity (Wildman–Crippen MR) is 84.3 cm³/mol. The van der Waals surface area contributed by atoms with Crippen LogP contribution in [0.15, 0.2) is 54.6 Å². The molecule has 4 heteroatoms. The molecule has 0 aliphatic heterocycles. The summed E-state index contributed by atoms with van der Waals surface area (Å²) in [5, 5.41) is 14.1. The van der Waals surface area contributed by atoms with E-state index < -0.39 is 6.10 Å². The molecule has 3 nitrogen and oxygen atoms in total. The molecule has 1 unspecified atom stereocenters. The summed E-state index contributed by atoms with van der Waals surface area (Å²) < 4.78 is 1.16. The zero-order chi connectivity index (χ0) is 13.8. The van der Waals surface area contributed by atoms with E-state index in [4.69, 9.17) is 0 Å².